The van der Waals surface area contributed by atoms with Crippen LogP contribution in [0.2, 0.25) is 0 Å². The van der Waals surface area contributed by atoms with Crippen LogP contribution in [0.5, 0.6) is 0 Å². The van der Waals surface area contributed by atoms with E-state index in [0.717, 1.165) is 36.3 Å². The summed E-state index contributed by atoms with van der Waals surface area (Å²) in [6.45, 7) is 3.97. The molecule has 6 nitrogen and oxygen atoms in total. The van der Waals surface area contributed by atoms with Crippen molar-refractivity contribution in [3.05, 3.63) is 10.6 Å². The van der Waals surface area contributed by atoms with E-state index in [2.05, 4.69) is 15.6 Å². The first-order valence-corrected chi connectivity index (χ1v) is 8.07. The number of thiazole rings is 1. The number of aryl methyl sites for hydroxylation is 2. The van der Waals surface area contributed by atoms with Gasteiger partial charge in [0.15, 0.2) is 5.13 Å². The maximum absolute atomic E-state index is 12.1. The number of carbonyl (C=O) groups excluding carboxylic acids is 1. The predicted octanol–water partition coefficient (Wildman–Crippen LogP) is 2.92. The van der Waals surface area contributed by atoms with Crippen LogP contribution in [0.25, 0.3) is 0 Å². The highest BCUT2D eigenvalue weighted by molar-refractivity contribution is 7.15. The number of carboxylic acids is 1. The predicted molar refractivity (Wildman–Crippen MR) is 81.8 cm³/mol. The van der Waals surface area contributed by atoms with Gasteiger partial charge in [0.25, 0.3) is 0 Å². The summed E-state index contributed by atoms with van der Waals surface area (Å²) in [5.74, 6) is -0.957. The zero-order valence-electron chi connectivity index (χ0n) is 12.4. The molecule has 0 spiro atoms. The largest absolute Gasteiger partial charge is 0.480 e. The molecule has 1 aromatic rings. The van der Waals surface area contributed by atoms with Crippen LogP contribution < -0.4 is 10.6 Å². The fourth-order valence-electron chi connectivity index (χ4n) is 2.70. The van der Waals surface area contributed by atoms with Gasteiger partial charge in [0.2, 0.25) is 0 Å². The highest BCUT2D eigenvalue weighted by Crippen LogP contribution is 2.29. The smallest absolute Gasteiger partial charge is 0.329 e. The lowest BCUT2D eigenvalue weighted by atomic mass is 9.82. The van der Waals surface area contributed by atoms with Crippen LogP contribution in [0, 0.1) is 6.92 Å². The van der Waals surface area contributed by atoms with Crippen molar-refractivity contribution in [2.24, 2.45) is 0 Å². The molecule has 7 heteroatoms. The van der Waals surface area contributed by atoms with Crippen molar-refractivity contribution in [1.82, 2.24) is 10.3 Å². The number of nitrogens with zero attached hydrogens (tertiary/aromatic N) is 1. The number of aliphatic carboxylic acids is 1. The normalized spacial score (nSPS) is 17.2. The molecular formula is C14H21N3O3S. The third-order valence-corrected chi connectivity index (χ3v) is 4.85. The molecule has 3 N–H and O–H groups in total. The Balaban J connectivity index is 2.03. The third-order valence-electron chi connectivity index (χ3n) is 3.92. The van der Waals surface area contributed by atoms with Gasteiger partial charge in [-0.3, -0.25) is 5.32 Å². The van der Waals surface area contributed by atoms with E-state index in [-0.39, 0.29) is 0 Å². The number of anilines is 1. The van der Waals surface area contributed by atoms with Crippen LogP contribution in [0.15, 0.2) is 0 Å². The van der Waals surface area contributed by atoms with Crippen LogP contribution in [-0.4, -0.2) is 27.6 Å². The molecule has 0 bridgehead atoms. The number of rotatable bonds is 4. The van der Waals surface area contributed by atoms with Crippen molar-refractivity contribution in [2.75, 3.05) is 5.32 Å². The van der Waals surface area contributed by atoms with E-state index < -0.39 is 17.5 Å². The van der Waals surface area contributed by atoms with Crippen LogP contribution in [-0.2, 0) is 11.2 Å². The monoisotopic (exact) mass is 311 g/mol. The molecule has 1 saturated carbocycles. The number of carboxylic acid groups (broad SMARTS) is 1. The Morgan fingerprint density at radius 3 is 2.52 bits per heavy atom. The van der Waals surface area contributed by atoms with Crippen LogP contribution >= 0.6 is 11.3 Å². The molecule has 0 aliphatic heterocycles. The number of hydrogen-bond donors (Lipinski definition) is 3. The molecule has 0 saturated heterocycles. The second-order valence-corrected chi connectivity index (χ2v) is 6.61. The lowest BCUT2D eigenvalue weighted by Crippen LogP contribution is -2.56. The first-order chi connectivity index (χ1) is 9.97. The minimum Gasteiger partial charge on any atom is -0.480 e. The van der Waals surface area contributed by atoms with Gasteiger partial charge in [-0.25, -0.2) is 14.6 Å². The van der Waals surface area contributed by atoms with Crippen molar-refractivity contribution in [3.63, 3.8) is 0 Å². The van der Waals surface area contributed by atoms with Gasteiger partial charge in [0.05, 0.1) is 5.69 Å². The van der Waals surface area contributed by atoms with E-state index >= 15 is 0 Å². The Morgan fingerprint density at radius 1 is 1.33 bits per heavy atom. The minimum absolute atomic E-state index is 0.479. The summed E-state index contributed by atoms with van der Waals surface area (Å²) in [6, 6.07) is -0.490. The first-order valence-electron chi connectivity index (χ1n) is 7.26. The maximum atomic E-state index is 12.1. The van der Waals surface area contributed by atoms with E-state index in [1.165, 1.54) is 11.3 Å². The van der Waals surface area contributed by atoms with E-state index in [4.69, 9.17) is 0 Å². The first kappa shape index (κ1) is 15.8. The Hall–Kier alpha value is -1.63. The second kappa shape index (κ2) is 6.43. The van der Waals surface area contributed by atoms with Crippen molar-refractivity contribution in [3.8, 4) is 0 Å². The summed E-state index contributed by atoms with van der Waals surface area (Å²) in [7, 11) is 0. The molecule has 2 amide bonds. The Labute approximate surface area is 128 Å². The topological polar surface area (TPSA) is 91.3 Å². The van der Waals surface area contributed by atoms with Crippen molar-refractivity contribution < 1.29 is 14.7 Å². The molecular weight excluding hydrogens is 290 g/mol. The molecule has 21 heavy (non-hydrogen) atoms. The quantitative estimate of drug-likeness (QED) is 0.797. The van der Waals surface area contributed by atoms with Crippen LogP contribution in [0.1, 0.15) is 49.6 Å². The number of amides is 2. The number of nitrogens with one attached hydrogen (secondary N) is 2. The van der Waals surface area contributed by atoms with Crippen LogP contribution in [0.4, 0.5) is 9.93 Å². The number of urea groups is 1. The number of carbonyl (C=O) groups is 2. The zero-order valence-corrected chi connectivity index (χ0v) is 13.2. The average Bonchev–Trinajstić information content (AvgIpc) is 2.79. The summed E-state index contributed by atoms with van der Waals surface area (Å²) in [5, 5.41) is 15.2. The third kappa shape index (κ3) is 3.53. The van der Waals surface area contributed by atoms with E-state index in [0.29, 0.717) is 18.0 Å². The fourth-order valence-corrected chi connectivity index (χ4v) is 3.60. The summed E-state index contributed by atoms with van der Waals surface area (Å²) in [5.41, 5.74) is -0.178. The van der Waals surface area contributed by atoms with Crippen molar-refractivity contribution in [1.29, 1.82) is 0 Å². The highest BCUT2D eigenvalue weighted by atomic mass is 32.1. The van der Waals surface area contributed by atoms with E-state index in [9.17, 15) is 14.7 Å². The van der Waals surface area contributed by atoms with Gasteiger partial charge >= 0.3 is 12.0 Å². The maximum Gasteiger partial charge on any atom is 0.329 e. The molecule has 1 fully saturated rings. The molecule has 2 rings (SSSR count). The standard InChI is InChI=1S/C14H21N3O3S/c1-3-10-9(2)21-13(15-10)16-12(20)17-14(11(18)19)7-5-4-6-8-14/h3-8H2,1-2H3,(H,18,19)(H2,15,16,17,20). The minimum atomic E-state index is -1.14. The molecule has 1 aliphatic carbocycles. The van der Waals surface area contributed by atoms with E-state index in [1.807, 2.05) is 13.8 Å². The van der Waals surface area contributed by atoms with Gasteiger partial charge in [0, 0.05) is 4.88 Å². The average molecular weight is 311 g/mol. The molecule has 0 aromatic carbocycles. The van der Waals surface area contributed by atoms with Gasteiger partial charge in [0.1, 0.15) is 5.54 Å². The summed E-state index contributed by atoms with van der Waals surface area (Å²) >= 11 is 1.41. The van der Waals surface area contributed by atoms with E-state index in [1.54, 1.807) is 0 Å². The SMILES string of the molecule is CCc1nc(NC(=O)NC2(C(=O)O)CCCCC2)sc1C. The van der Waals surface area contributed by atoms with Gasteiger partial charge in [-0.2, -0.15) is 0 Å². The molecule has 0 radical (unpaired) electrons. The number of hydrogen-bond acceptors (Lipinski definition) is 4. The molecule has 1 aromatic heterocycles. The molecule has 116 valence electrons. The van der Waals surface area contributed by atoms with Gasteiger partial charge in [-0.1, -0.05) is 26.2 Å². The molecule has 1 aliphatic rings. The van der Waals surface area contributed by atoms with Crippen molar-refractivity contribution in [2.45, 2.75) is 57.9 Å². The summed E-state index contributed by atoms with van der Waals surface area (Å²) in [6.07, 6.45) is 4.43. The van der Waals surface area contributed by atoms with Gasteiger partial charge in [-0.05, 0) is 26.2 Å². The summed E-state index contributed by atoms with van der Waals surface area (Å²) < 4.78 is 0. The lowest BCUT2D eigenvalue weighted by Gasteiger charge is -2.33. The molecule has 0 unspecified atom stereocenters. The number of aromatic nitrogens is 1. The molecule has 1 heterocycles. The summed E-state index contributed by atoms with van der Waals surface area (Å²) in [4.78, 5) is 29.0. The fraction of sp³-hybridized carbons (Fsp3) is 0.643. The lowest BCUT2D eigenvalue weighted by molar-refractivity contribution is -0.145. The molecule has 0 atom stereocenters. The highest BCUT2D eigenvalue weighted by Gasteiger charge is 2.41. The van der Waals surface area contributed by atoms with Crippen molar-refractivity contribution >= 4 is 28.5 Å². The van der Waals surface area contributed by atoms with Gasteiger partial charge in [-0.15, -0.1) is 11.3 Å². The Kier molecular flexibility index (Phi) is 4.82. The van der Waals surface area contributed by atoms with Gasteiger partial charge < -0.3 is 10.4 Å². The second-order valence-electron chi connectivity index (χ2n) is 5.40. The van der Waals surface area contributed by atoms with Crippen LogP contribution in [0.3, 0.4) is 0 Å². The Bertz CT molecular complexity index is 536. The Morgan fingerprint density at radius 2 is 2.00 bits per heavy atom. The zero-order chi connectivity index (χ0) is 15.5.